The number of hydrogen-bond acceptors (Lipinski definition) is 4. The van der Waals surface area contributed by atoms with Crippen molar-refractivity contribution in [2.75, 3.05) is 7.05 Å². The van der Waals surface area contributed by atoms with E-state index in [-0.39, 0.29) is 24.2 Å². The summed E-state index contributed by atoms with van der Waals surface area (Å²) >= 11 is 0. The van der Waals surface area contributed by atoms with Gasteiger partial charge in [0.15, 0.2) is 0 Å². The Bertz CT molecular complexity index is 398. The summed E-state index contributed by atoms with van der Waals surface area (Å²) < 4.78 is 0. The first-order chi connectivity index (χ1) is 9.65. The number of nitrogens with two attached hydrogens (primary N) is 1. The molecule has 1 aliphatic rings. The fourth-order valence-corrected chi connectivity index (χ4v) is 3.34. The Hall–Kier alpha value is -0.970. The van der Waals surface area contributed by atoms with Gasteiger partial charge in [-0.25, -0.2) is 0 Å². The third kappa shape index (κ3) is 3.37. The summed E-state index contributed by atoms with van der Waals surface area (Å²) in [5.74, 6) is 0. The molecule has 1 aliphatic carbocycles. The standard InChI is InChI=1S/C16H27N3O/c1-3-13(17)16(12-8-10-18-11-9-12)19(2)14-6-4-5-7-15(14)20/h8-11,13-16,20H,3-7,17H2,1-2H3. The Labute approximate surface area is 122 Å². The average molecular weight is 277 g/mol. The van der Waals surface area contributed by atoms with E-state index in [1.165, 1.54) is 12.0 Å². The summed E-state index contributed by atoms with van der Waals surface area (Å²) in [5.41, 5.74) is 7.55. The molecule has 1 saturated carbocycles. The smallest absolute Gasteiger partial charge is 0.0695 e. The van der Waals surface area contributed by atoms with Crippen molar-refractivity contribution in [3.05, 3.63) is 30.1 Å². The molecule has 0 spiro atoms. The van der Waals surface area contributed by atoms with Crippen molar-refractivity contribution in [1.82, 2.24) is 9.88 Å². The van der Waals surface area contributed by atoms with Gasteiger partial charge in [0.2, 0.25) is 0 Å². The van der Waals surface area contributed by atoms with Crippen molar-refractivity contribution >= 4 is 0 Å². The summed E-state index contributed by atoms with van der Waals surface area (Å²) in [6.07, 6.45) is 8.59. The third-order valence-corrected chi connectivity index (χ3v) is 4.58. The molecule has 3 N–H and O–H groups in total. The van der Waals surface area contributed by atoms with Gasteiger partial charge in [-0.15, -0.1) is 0 Å². The van der Waals surface area contributed by atoms with Crippen LogP contribution in [-0.4, -0.2) is 40.2 Å². The Morgan fingerprint density at radius 2 is 2.00 bits per heavy atom. The zero-order valence-corrected chi connectivity index (χ0v) is 12.6. The van der Waals surface area contributed by atoms with Gasteiger partial charge in [0, 0.05) is 24.5 Å². The first-order valence-corrected chi connectivity index (χ1v) is 7.70. The lowest BCUT2D eigenvalue weighted by Crippen LogP contribution is -2.49. The number of rotatable bonds is 5. The monoisotopic (exact) mass is 277 g/mol. The maximum atomic E-state index is 10.3. The molecule has 0 radical (unpaired) electrons. The van der Waals surface area contributed by atoms with E-state index in [2.05, 4.69) is 23.9 Å². The van der Waals surface area contributed by atoms with Crippen LogP contribution in [0.4, 0.5) is 0 Å². The molecule has 0 bridgehead atoms. The van der Waals surface area contributed by atoms with E-state index < -0.39 is 0 Å². The minimum Gasteiger partial charge on any atom is -0.391 e. The molecule has 4 atom stereocenters. The van der Waals surface area contributed by atoms with Crippen molar-refractivity contribution in [2.45, 2.75) is 63.3 Å². The van der Waals surface area contributed by atoms with Gasteiger partial charge in [-0.3, -0.25) is 9.88 Å². The Balaban J connectivity index is 2.22. The van der Waals surface area contributed by atoms with Crippen molar-refractivity contribution in [3.63, 3.8) is 0 Å². The molecule has 1 aromatic heterocycles. The van der Waals surface area contributed by atoms with Crippen LogP contribution in [0.25, 0.3) is 0 Å². The van der Waals surface area contributed by atoms with Gasteiger partial charge in [0.1, 0.15) is 0 Å². The molecule has 112 valence electrons. The molecule has 0 amide bonds. The van der Waals surface area contributed by atoms with Gasteiger partial charge in [-0.1, -0.05) is 19.8 Å². The van der Waals surface area contributed by atoms with E-state index in [1.807, 2.05) is 24.5 Å². The highest BCUT2D eigenvalue weighted by Gasteiger charge is 2.33. The van der Waals surface area contributed by atoms with Crippen LogP contribution in [0.3, 0.4) is 0 Å². The quantitative estimate of drug-likeness (QED) is 0.865. The molecule has 0 aliphatic heterocycles. The molecular weight excluding hydrogens is 250 g/mol. The van der Waals surface area contributed by atoms with Crippen LogP contribution in [-0.2, 0) is 0 Å². The Morgan fingerprint density at radius 1 is 1.35 bits per heavy atom. The summed E-state index contributed by atoms with van der Waals surface area (Å²) in [5, 5.41) is 10.3. The average Bonchev–Trinajstić information content (AvgIpc) is 2.48. The number of nitrogens with zero attached hydrogens (tertiary/aromatic N) is 2. The zero-order valence-electron chi connectivity index (χ0n) is 12.6. The lowest BCUT2D eigenvalue weighted by molar-refractivity contribution is 0.00643. The Kier molecular flexibility index (Phi) is 5.52. The largest absolute Gasteiger partial charge is 0.391 e. The van der Waals surface area contributed by atoms with Crippen LogP contribution in [0.5, 0.6) is 0 Å². The van der Waals surface area contributed by atoms with E-state index >= 15 is 0 Å². The fraction of sp³-hybridized carbons (Fsp3) is 0.688. The summed E-state index contributed by atoms with van der Waals surface area (Å²) in [6.45, 7) is 2.12. The van der Waals surface area contributed by atoms with E-state index in [1.54, 1.807) is 0 Å². The number of aliphatic hydroxyl groups excluding tert-OH is 1. The molecule has 0 aromatic carbocycles. The second-order valence-corrected chi connectivity index (χ2v) is 5.88. The summed E-state index contributed by atoms with van der Waals surface area (Å²) in [7, 11) is 2.10. The van der Waals surface area contributed by atoms with Crippen LogP contribution >= 0.6 is 0 Å². The zero-order chi connectivity index (χ0) is 14.5. The van der Waals surface area contributed by atoms with Gasteiger partial charge >= 0.3 is 0 Å². The van der Waals surface area contributed by atoms with Gasteiger partial charge < -0.3 is 10.8 Å². The van der Waals surface area contributed by atoms with Gasteiger partial charge in [-0.2, -0.15) is 0 Å². The molecule has 20 heavy (non-hydrogen) atoms. The molecule has 1 heterocycles. The number of aliphatic hydroxyl groups is 1. The van der Waals surface area contributed by atoms with Crippen LogP contribution in [0.1, 0.15) is 50.6 Å². The highest BCUT2D eigenvalue weighted by atomic mass is 16.3. The van der Waals surface area contributed by atoms with Gasteiger partial charge in [0.25, 0.3) is 0 Å². The molecule has 4 heteroatoms. The maximum absolute atomic E-state index is 10.3. The van der Waals surface area contributed by atoms with Gasteiger partial charge in [-0.05, 0) is 44.0 Å². The van der Waals surface area contributed by atoms with Gasteiger partial charge in [0.05, 0.1) is 12.1 Å². The first-order valence-electron chi connectivity index (χ1n) is 7.70. The minimum absolute atomic E-state index is 0.0662. The molecular formula is C16H27N3O. The SMILES string of the molecule is CCC(N)C(c1ccncc1)N(C)C1CCCCC1O. The van der Waals surface area contributed by atoms with E-state index in [4.69, 9.17) is 5.73 Å². The normalized spacial score (nSPS) is 26.4. The number of likely N-dealkylation sites (N-methyl/N-ethyl adjacent to an activating group) is 1. The van der Waals surface area contributed by atoms with Crippen molar-refractivity contribution in [1.29, 1.82) is 0 Å². The van der Waals surface area contributed by atoms with E-state index in [0.29, 0.717) is 0 Å². The first kappa shape index (κ1) is 15.4. The topological polar surface area (TPSA) is 62.4 Å². The van der Waals surface area contributed by atoms with Crippen LogP contribution in [0.15, 0.2) is 24.5 Å². The van der Waals surface area contributed by atoms with Crippen LogP contribution < -0.4 is 5.73 Å². The predicted octanol–water partition coefficient (Wildman–Crippen LogP) is 2.10. The lowest BCUT2D eigenvalue weighted by Gasteiger charge is -2.42. The minimum atomic E-state index is -0.234. The number of aromatic nitrogens is 1. The van der Waals surface area contributed by atoms with Crippen LogP contribution in [0.2, 0.25) is 0 Å². The number of hydrogen-bond donors (Lipinski definition) is 2. The summed E-state index contributed by atoms with van der Waals surface area (Å²) in [4.78, 5) is 6.38. The molecule has 4 unspecified atom stereocenters. The molecule has 1 fully saturated rings. The second kappa shape index (κ2) is 7.16. The highest BCUT2D eigenvalue weighted by Crippen LogP contribution is 2.31. The highest BCUT2D eigenvalue weighted by molar-refractivity contribution is 5.18. The van der Waals surface area contributed by atoms with Crippen molar-refractivity contribution < 1.29 is 5.11 Å². The fourth-order valence-electron chi connectivity index (χ4n) is 3.34. The van der Waals surface area contributed by atoms with Crippen LogP contribution in [0, 0.1) is 0 Å². The molecule has 2 rings (SSSR count). The predicted molar refractivity (Wildman–Crippen MR) is 81.3 cm³/mol. The number of pyridine rings is 1. The Morgan fingerprint density at radius 3 is 2.60 bits per heavy atom. The molecule has 1 aromatic rings. The molecule has 4 nitrogen and oxygen atoms in total. The molecule has 0 saturated heterocycles. The second-order valence-electron chi connectivity index (χ2n) is 5.88. The van der Waals surface area contributed by atoms with Crippen molar-refractivity contribution in [2.24, 2.45) is 5.73 Å². The van der Waals surface area contributed by atoms with Crippen molar-refractivity contribution in [3.8, 4) is 0 Å². The lowest BCUT2D eigenvalue weighted by atomic mass is 9.88. The maximum Gasteiger partial charge on any atom is 0.0695 e. The van der Waals surface area contributed by atoms with E-state index in [9.17, 15) is 5.11 Å². The van der Waals surface area contributed by atoms with E-state index in [0.717, 1.165) is 25.7 Å². The summed E-state index contributed by atoms with van der Waals surface area (Å²) in [6, 6.07) is 4.48. The third-order valence-electron chi connectivity index (χ3n) is 4.58.